The fraction of sp³-hybridized carbons (Fsp3) is 0.400. The van der Waals surface area contributed by atoms with Gasteiger partial charge in [-0.1, -0.05) is 72.8 Å². The Morgan fingerprint density at radius 3 is 0.962 bits per heavy atom. The van der Waals surface area contributed by atoms with Gasteiger partial charge in [-0.25, -0.2) is 34.5 Å². The van der Waals surface area contributed by atoms with Gasteiger partial charge in [-0.3, -0.25) is 79.5 Å². The second kappa shape index (κ2) is 41.3. The summed E-state index contributed by atoms with van der Waals surface area (Å²) in [7, 11) is -2.92. The number of piperazine rings is 3. The molecule has 2 N–H and O–H groups in total. The molecule has 3 saturated heterocycles. The largest absolute Gasteiger partial charge is 0.476 e. The summed E-state index contributed by atoms with van der Waals surface area (Å²) in [4.78, 5) is 124. The Hall–Kier alpha value is -12.6. The SMILES string of the molecule is C[C@@H]1CN(c2ncc(-c3ccc4c(=O)n(C)n(Cc5ccccc5OC(F)F)c4c3)cn2)CCN1C(=O)CO.C[C@@H]1CN(c2ncc(-c3ccc4c(=O)n(C)n(Cc5ccccc5OC(F)F)c4c3)cn2)CCN1C(=O)COP(=O)(OC(C)(C)C)OC(C)(C)C.C[C@@H]1CN(c2ncc(-c3ccc4c(=O)n(C)n(Cc5ccccc5OC(F)F)c4c3)cn2)CCN1C(=O)COP(C)(=O)O. The molecule has 3 aliphatic heterocycles. The Morgan fingerprint density at radius 2 is 0.699 bits per heavy atom. The highest BCUT2D eigenvalue weighted by Crippen LogP contribution is 2.55. The third-order valence-corrected chi connectivity index (χ3v) is 24.9. The summed E-state index contributed by atoms with van der Waals surface area (Å²) in [5.41, 5.74) is 5.54. The standard InChI is InChI=1S/C35H45F2N6O7P.C28H31F2N6O6P.C27H28F2N6O4/c1-23-20-41(15-16-42(23)30(44)22-47-51(46,49-34(2,3)4)50-35(5,6)7)33-38-18-26(19-39-33)24-13-14-27-28(17-24)43(40(8)31(27)45)21-25-11-9-10-12-29(25)48-32(36)37;1-18-15-34(10-11-35(18)25(37)17-41-43(3,39)40)28-31-13-21(14-32-28)19-8-9-22-23(12-19)36(33(2)26(22)38)16-20-6-4-5-7-24(20)42-27(29)30;1-17-14-33(9-10-34(17)24(37)16-36)27-30-12-20(13-31-27)18-7-8-21-22(11-18)35(32(2)25(21)38)15-19-5-3-4-6-23(19)39-26(28)29/h9-14,17-19,23,32H,15-16,20-22H2,1-8H3;4-9,12-14,18,27H,10-11,15-17H2,1-3H3,(H,39,40);3-8,11-13,17,26,36H,9-10,14-16H2,1-2H3/t23-;18-;17-/m111/s1. The molecule has 3 aliphatic rings. The van der Waals surface area contributed by atoms with Gasteiger partial charge in [0.2, 0.25) is 35.6 Å². The van der Waals surface area contributed by atoms with E-state index in [2.05, 4.69) is 39.4 Å². The number of alkyl halides is 6. The van der Waals surface area contributed by atoms with Crippen molar-refractivity contribution in [2.45, 2.75) is 131 Å². The molecule has 12 aromatic rings. The number of benzene rings is 6. The van der Waals surface area contributed by atoms with E-state index in [1.54, 1.807) is 207 Å². The van der Waals surface area contributed by atoms with E-state index < -0.39 is 66.3 Å². The number of halogens is 6. The zero-order valence-electron chi connectivity index (χ0n) is 75.4. The zero-order valence-corrected chi connectivity index (χ0v) is 77.2. The van der Waals surface area contributed by atoms with Crippen LogP contribution in [0.5, 0.6) is 17.2 Å². The van der Waals surface area contributed by atoms with E-state index >= 15 is 0 Å². The molecule has 43 heteroatoms. The van der Waals surface area contributed by atoms with E-state index in [1.807, 2.05) is 65.8 Å². The number of nitrogens with zero attached hydrogens (tertiary/aromatic N) is 18. The first kappa shape index (κ1) is 97.9. The minimum atomic E-state index is -4.04. The van der Waals surface area contributed by atoms with Crippen molar-refractivity contribution in [3.63, 3.8) is 0 Å². The van der Waals surface area contributed by atoms with Crippen molar-refractivity contribution in [2.24, 2.45) is 21.1 Å². The molecule has 0 radical (unpaired) electrons. The number of aliphatic hydroxyl groups is 1. The van der Waals surface area contributed by atoms with Gasteiger partial charge in [0.25, 0.3) is 16.7 Å². The summed E-state index contributed by atoms with van der Waals surface area (Å²) >= 11 is 0. The Bertz CT molecular complexity index is 6460. The summed E-state index contributed by atoms with van der Waals surface area (Å²) in [6.07, 6.45) is 10.2. The normalized spacial score (nSPS) is 16.2. The molecule has 133 heavy (non-hydrogen) atoms. The Kier molecular flexibility index (Phi) is 30.4. The fourth-order valence-corrected chi connectivity index (χ4v) is 18.1. The van der Waals surface area contributed by atoms with Crippen molar-refractivity contribution < 1.29 is 92.2 Å². The van der Waals surface area contributed by atoms with Gasteiger partial charge in [0.15, 0.2) is 0 Å². The Labute approximate surface area is 760 Å². The van der Waals surface area contributed by atoms with Gasteiger partial charge >= 0.3 is 35.3 Å². The number of amides is 3. The highest BCUT2D eigenvalue weighted by Gasteiger charge is 2.40. The number of fused-ring (bicyclic) bond motifs is 3. The van der Waals surface area contributed by atoms with Crippen LogP contribution in [0.15, 0.2) is 179 Å². The number of hydrogen-bond donors (Lipinski definition) is 2. The van der Waals surface area contributed by atoms with Crippen LogP contribution in [-0.2, 0) is 82.4 Å². The predicted molar refractivity (Wildman–Crippen MR) is 485 cm³/mol. The number of para-hydroxylation sites is 3. The van der Waals surface area contributed by atoms with Gasteiger partial charge in [0.05, 0.1) is 63.5 Å². The fourth-order valence-electron chi connectivity index (χ4n) is 16.0. The summed E-state index contributed by atoms with van der Waals surface area (Å²) in [6.45, 7) is 11.3. The number of carbonyl (C=O) groups is 3. The number of phosphoric acid groups is 1. The number of phosphoric ester groups is 1. The molecule has 3 amide bonds. The van der Waals surface area contributed by atoms with Crippen LogP contribution < -0.4 is 45.6 Å². The number of aliphatic hydroxyl groups excluding tert-OH is 1. The van der Waals surface area contributed by atoms with Crippen LogP contribution in [0.4, 0.5) is 44.2 Å². The Morgan fingerprint density at radius 1 is 0.421 bits per heavy atom. The van der Waals surface area contributed by atoms with Gasteiger partial charge in [0, 0.05) is 175 Å². The second-order valence-electron chi connectivity index (χ2n) is 34.1. The van der Waals surface area contributed by atoms with Crippen molar-refractivity contribution in [2.75, 3.05) is 100 Å². The van der Waals surface area contributed by atoms with Crippen molar-refractivity contribution in [3.05, 3.63) is 212 Å². The minimum Gasteiger partial charge on any atom is -0.434 e. The van der Waals surface area contributed by atoms with Gasteiger partial charge in [-0.15, -0.1) is 0 Å². The molecule has 15 rings (SSSR count). The van der Waals surface area contributed by atoms with Gasteiger partial charge in [-0.05, 0) is 134 Å². The van der Waals surface area contributed by atoms with Crippen molar-refractivity contribution in [1.82, 2.24) is 72.7 Å². The lowest BCUT2D eigenvalue weighted by Crippen LogP contribution is -2.55. The van der Waals surface area contributed by atoms with Gasteiger partial charge < -0.3 is 53.6 Å². The molecular weight excluding hydrogens is 1780 g/mol. The number of anilines is 3. The molecule has 9 heterocycles. The van der Waals surface area contributed by atoms with Crippen LogP contribution in [0.2, 0.25) is 0 Å². The van der Waals surface area contributed by atoms with Crippen molar-refractivity contribution in [3.8, 4) is 50.6 Å². The maximum absolute atomic E-state index is 13.4. The first-order valence-corrected chi connectivity index (χ1v) is 46.0. The molecule has 6 aromatic carbocycles. The highest BCUT2D eigenvalue weighted by atomic mass is 31.2. The lowest BCUT2D eigenvalue weighted by atomic mass is 10.1. The maximum Gasteiger partial charge on any atom is 0.476 e. The van der Waals surface area contributed by atoms with Crippen LogP contribution in [0.25, 0.3) is 66.1 Å². The number of carbonyl (C=O) groups excluding carboxylic acids is 3. The number of ether oxygens (including phenoxy) is 3. The monoisotopic (exact) mass is 1880 g/mol. The minimum absolute atomic E-state index is 0.0386. The molecular formula is C90H104F6N18O17P2. The molecule has 0 bridgehead atoms. The van der Waals surface area contributed by atoms with Crippen molar-refractivity contribution in [1.29, 1.82) is 0 Å². The van der Waals surface area contributed by atoms with Crippen LogP contribution in [0.1, 0.15) is 79.0 Å². The number of aromatic nitrogens is 12. The Balaban J connectivity index is 0.000000171. The van der Waals surface area contributed by atoms with Gasteiger partial charge in [0.1, 0.15) is 37.1 Å². The molecule has 0 saturated carbocycles. The average molecular weight is 1890 g/mol. The topological polar surface area (TPSA) is 368 Å². The van der Waals surface area contributed by atoms with E-state index in [0.29, 0.717) is 137 Å². The third kappa shape index (κ3) is 23.9. The highest BCUT2D eigenvalue weighted by molar-refractivity contribution is 7.51. The summed E-state index contributed by atoms with van der Waals surface area (Å²) in [6, 6.07) is 35.1. The number of rotatable bonds is 27. The zero-order chi connectivity index (χ0) is 95.9. The molecule has 35 nitrogen and oxygen atoms in total. The molecule has 708 valence electrons. The van der Waals surface area contributed by atoms with Crippen LogP contribution in [0, 0.1) is 0 Å². The third-order valence-electron chi connectivity index (χ3n) is 22.3. The summed E-state index contributed by atoms with van der Waals surface area (Å²) in [5.74, 6) is 0.650. The summed E-state index contributed by atoms with van der Waals surface area (Å²) in [5, 5.41) is 10.6. The molecule has 4 atom stereocenters. The first-order chi connectivity index (χ1) is 63.0. The van der Waals surface area contributed by atoms with Crippen molar-refractivity contribution >= 4 is 83.7 Å². The summed E-state index contributed by atoms with van der Waals surface area (Å²) < 4.78 is 148. The lowest BCUT2D eigenvalue weighted by molar-refractivity contribution is -0.137. The van der Waals surface area contributed by atoms with Crippen LogP contribution >= 0.6 is 15.4 Å². The van der Waals surface area contributed by atoms with Crippen LogP contribution in [0.3, 0.4) is 0 Å². The van der Waals surface area contributed by atoms with E-state index in [4.69, 9.17) is 27.9 Å². The number of hydrogen-bond acceptors (Lipinski definition) is 25. The quantitative estimate of drug-likeness (QED) is 0.0357. The smallest absolute Gasteiger partial charge is 0.434 e. The lowest BCUT2D eigenvalue weighted by Gasteiger charge is -2.40. The molecule has 6 aromatic heterocycles. The first-order valence-electron chi connectivity index (χ1n) is 42.5. The second-order valence-corrected chi connectivity index (χ2v) is 37.5. The average Bonchev–Trinajstić information content (AvgIpc) is 1.63. The predicted octanol–water partition coefficient (Wildman–Crippen LogP) is 12.0. The van der Waals surface area contributed by atoms with Crippen LogP contribution in [-0.4, -0.2) is 235 Å². The maximum atomic E-state index is 13.4. The van der Waals surface area contributed by atoms with E-state index in [1.165, 1.54) is 32.2 Å². The van der Waals surface area contributed by atoms with E-state index in [9.17, 15) is 69.1 Å². The van der Waals surface area contributed by atoms with E-state index in [0.717, 1.165) is 28.9 Å². The molecule has 0 aliphatic carbocycles. The van der Waals surface area contributed by atoms with E-state index in [-0.39, 0.29) is 89.4 Å². The molecule has 1 unspecified atom stereocenters. The van der Waals surface area contributed by atoms with Gasteiger partial charge in [-0.2, -0.15) is 26.3 Å². The molecule has 3 fully saturated rings. The molecule has 0 spiro atoms.